The maximum atomic E-state index is 12.9. The second-order valence-electron chi connectivity index (χ2n) is 5.36. The lowest BCUT2D eigenvalue weighted by molar-refractivity contribution is 0.372. The molecule has 3 aromatic rings. The SMILES string of the molecule is O=c1c(C2CC(O)=CC=N2)coc2ccc3ccccc3c12. The van der Waals surface area contributed by atoms with Gasteiger partial charge in [-0.15, -0.1) is 0 Å². The third-order valence-electron chi connectivity index (χ3n) is 3.99. The summed E-state index contributed by atoms with van der Waals surface area (Å²) in [5.74, 6) is 0.220. The number of benzene rings is 2. The number of aliphatic hydroxyl groups excluding tert-OH is 1. The fourth-order valence-electron chi connectivity index (χ4n) is 2.88. The fourth-order valence-corrected chi connectivity index (χ4v) is 2.88. The van der Waals surface area contributed by atoms with Crippen LogP contribution in [0.2, 0.25) is 0 Å². The number of hydrogen-bond donors (Lipinski definition) is 1. The van der Waals surface area contributed by atoms with Crippen LogP contribution in [0.4, 0.5) is 0 Å². The van der Waals surface area contributed by atoms with E-state index in [9.17, 15) is 9.90 Å². The van der Waals surface area contributed by atoms with Crippen LogP contribution < -0.4 is 5.43 Å². The topological polar surface area (TPSA) is 62.8 Å². The quantitative estimate of drug-likeness (QED) is 0.691. The van der Waals surface area contributed by atoms with E-state index >= 15 is 0 Å². The number of aliphatic imine (C=N–C) groups is 1. The number of allylic oxidation sites excluding steroid dienone is 1. The summed E-state index contributed by atoms with van der Waals surface area (Å²) in [7, 11) is 0. The maximum Gasteiger partial charge on any atom is 0.198 e. The number of hydrogen-bond acceptors (Lipinski definition) is 4. The van der Waals surface area contributed by atoms with E-state index in [1.807, 2.05) is 36.4 Å². The van der Waals surface area contributed by atoms with Crippen molar-refractivity contribution in [2.75, 3.05) is 0 Å². The van der Waals surface area contributed by atoms with E-state index in [2.05, 4.69) is 4.99 Å². The first-order valence-corrected chi connectivity index (χ1v) is 7.08. The second-order valence-corrected chi connectivity index (χ2v) is 5.36. The Morgan fingerprint density at radius 2 is 2.05 bits per heavy atom. The van der Waals surface area contributed by atoms with Gasteiger partial charge in [0.25, 0.3) is 0 Å². The molecule has 22 heavy (non-hydrogen) atoms. The van der Waals surface area contributed by atoms with Crippen molar-refractivity contribution in [2.24, 2.45) is 4.99 Å². The molecule has 1 aliphatic heterocycles. The third kappa shape index (κ3) is 1.92. The van der Waals surface area contributed by atoms with Gasteiger partial charge in [-0.25, -0.2) is 0 Å². The van der Waals surface area contributed by atoms with Crippen molar-refractivity contribution in [1.82, 2.24) is 0 Å². The van der Waals surface area contributed by atoms with Crippen LogP contribution in [-0.4, -0.2) is 11.3 Å². The van der Waals surface area contributed by atoms with Gasteiger partial charge in [-0.3, -0.25) is 9.79 Å². The van der Waals surface area contributed by atoms with Crippen LogP contribution in [0.5, 0.6) is 0 Å². The summed E-state index contributed by atoms with van der Waals surface area (Å²) in [6.07, 6.45) is 4.84. The fraction of sp³-hybridized carbons (Fsp3) is 0.111. The van der Waals surface area contributed by atoms with Gasteiger partial charge in [-0.05, 0) is 22.9 Å². The minimum absolute atomic E-state index is 0.0881. The van der Waals surface area contributed by atoms with Gasteiger partial charge in [0.1, 0.15) is 11.8 Å². The van der Waals surface area contributed by atoms with Crippen LogP contribution in [0, 0.1) is 0 Å². The zero-order chi connectivity index (χ0) is 15.1. The molecule has 2 aromatic carbocycles. The molecule has 0 bridgehead atoms. The van der Waals surface area contributed by atoms with Gasteiger partial charge in [-0.1, -0.05) is 30.3 Å². The monoisotopic (exact) mass is 291 g/mol. The van der Waals surface area contributed by atoms with Gasteiger partial charge in [0.2, 0.25) is 0 Å². The van der Waals surface area contributed by atoms with E-state index in [1.165, 1.54) is 18.6 Å². The molecule has 4 heteroatoms. The van der Waals surface area contributed by atoms with Crippen LogP contribution in [0.15, 0.2) is 68.7 Å². The largest absolute Gasteiger partial charge is 0.512 e. The molecular weight excluding hydrogens is 278 g/mol. The van der Waals surface area contributed by atoms with Gasteiger partial charge in [0, 0.05) is 12.6 Å². The molecule has 0 spiro atoms. The lowest BCUT2D eigenvalue weighted by Crippen LogP contribution is -2.14. The molecule has 0 radical (unpaired) electrons. The van der Waals surface area contributed by atoms with E-state index in [0.29, 0.717) is 23.0 Å². The van der Waals surface area contributed by atoms with E-state index < -0.39 is 6.04 Å². The highest BCUT2D eigenvalue weighted by Crippen LogP contribution is 2.28. The standard InChI is InChI=1S/C18H13NO3/c20-12-7-8-19-15(9-12)14-10-22-16-6-5-11-3-1-2-4-13(11)17(16)18(14)21/h1-8,10,15,20H,9H2. The van der Waals surface area contributed by atoms with Crippen molar-refractivity contribution in [1.29, 1.82) is 0 Å². The van der Waals surface area contributed by atoms with Gasteiger partial charge in [0.05, 0.1) is 22.8 Å². The first-order valence-electron chi connectivity index (χ1n) is 7.08. The Morgan fingerprint density at radius 3 is 2.91 bits per heavy atom. The summed E-state index contributed by atoms with van der Waals surface area (Å²) in [5, 5.41) is 12.1. The Balaban J connectivity index is 2.01. The van der Waals surface area contributed by atoms with Crippen molar-refractivity contribution in [3.63, 3.8) is 0 Å². The molecule has 1 atom stereocenters. The minimum atomic E-state index is -0.399. The first kappa shape index (κ1) is 12.8. The molecule has 108 valence electrons. The normalized spacial score (nSPS) is 17.8. The second kappa shape index (κ2) is 4.84. The highest BCUT2D eigenvalue weighted by molar-refractivity contribution is 6.05. The summed E-state index contributed by atoms with van der Waals surface area (Å²) in [6.45, 7) is 0. The number of nitrogens with zero attached hydrogens (tertiary/aromatic N) is 1. The molecule has 2 heterocycles. The zero-order valence-electron chi connectivity index (χ0n) is 11.7. The Hall–Kier alpha value is -2.88. The smallest absolute Gasteiger partial charge is 0.198 e. The predicted octanol–water partition coefficient (Wildman–Crippen LogP) is 3.90. The summed E-state index contributed by atoms with van der Waals surface area (Å²) in [5.41, 5.74) is 0.946. The van der Waals surface area contributed by atoms with Crippen LogP contribution in [0.1, 0.15) is 18.0 Å². The van der Waals surface area contributed by atoms with E-state index in [1.54, 1.807) is 0 Å². The van der Waals surface area contributed by atoms with Crippen molar-refractivity contribution >= 4 is 28.0 Å². The molecule has 0 saturated heterocycles. The van der Waals surface area contributed by atoms with Gasteiger partial charge < -0.3 is 9.52 Å². The number of rotatable bonds is 1. The van der Waals surface area contributed by atoms with Crippen LogP contribution in [0.3, 0.4) is 0 Å². The molecule has 0 fully saturated rings. The summed E-state index contributed by atoms with van der Waals surface area (Å²) >= 11 is 0. The molecule has 0 amide bonds. The average Bonchev–Trinajstić information content (AvgIpc) is 2.55. The Bertz CT molecular complexity index is 998. The molecule has 4 rings (SSSR count). The number of fused-ring (bicyclic) bond motifs is 3. The lowest BCUT2D eigenvalue weighted by atomic mass is 9.99. The summed E-state index contributed by atoms with van der Waals surface area (Å²) in [6, 6.07) is 11.1. The van der Waals surface area contributed by atoms with Crippen LogP contribution in [0.25, 0.3) is 21.7 Å². The van der Waals surface area contributed by atoms with Crippen molar-refractivity contribution in [3.05, 3.63) is 70.3 Å². The highest BCUT2D eigenvalue weighted by Gasteiger charge is 2.20. The summed E-state index contributed by atoms with van der Waals surface area (Å²) in [4.78, 5) is 17.2. The maximum absolute atomic E-state index is 12.9. The molecular formula is C18H13NO3. The first-order chi connectivity index (χ1) is 10.7. The van der Waals surface area contributed by atoms with Gasteiger partial charge >= 0.3 is 0 Å². The molecule has 1 aromatic heterocycles. The lowest BCUT2D eigenvalue weighted by Gasteiger charge is -2.14. The molecule has 1 N–H and O–H groups in total. The number of dihydropyridines is 1. The highest BCUT2D eigenvalue weighted by atomic mass is 16.3. The van der Waals surface area contributed by atoms with Crippen LogP contribution in [-0.2, 0) is 0 Å². The zero-order valence-corrected chi connectivity index (χ0v) is 11.7. The summed E-state index contributed by atoms with van der Waals surface area (Å²) < 4.78 is 5.65. The molecule has 1 aliphatic rings. The van der Waals surface area contributed by atoms with E-state index in [-0.39, 0.29) is 11.2 Å². The predicted molar refractivity (Wildman–Crippen MR) is 86.6 cm³/mol. The van der Waals surface area contributed by atoms with E-state index in [0.717, 1.165) is 10.8 Å². The molecule has 1 unspecified atom stereocenters. The molecule has 0 aliphatic carbocycles. The Morgan fingerprint density at radius 1 is 1.18 bits per heavy atom. The van der Waals surface area contributed by atoms with Gasteiger partial charge in [-0.2, -0.15) is 0 Å². The van der Waals surface area contributed by atoms with Crippen LogP contribution >= 0.6 is 0 Å². The number of aliphatic hydroxyl groups is 1. The van der Waals surface area contributed by atoms with Gasteiger partial charge in [0.15, 0.2) is 5.43 Å². The van der Waals surface area contributed by atoms with E-state index in [4.69, 9.17) is 4.42 Å². The van der Waals surface area contributed by atoms with Crippen molar-refractivity contribution in [2.45, 2.75) is 12.5 Å². The molecule has 4 nitrogen and oxygen atoms in total. The average molecular weight is 291 g/mol. The van der Waals surface area contributed by atoms with Crippen molar-refractivity contribution in [3.8, 4) is 0 Å². The Labute approximate surface area is 126 Å². The Kier molecular flexibility index (Phi) is 2.82. The third-order valence-corrected chi connectivity index (χ3v) is 3.99. The molecule has 0 saturated carbocycles. The minimum Gasteiger partial charge on any atom is -0.512 e. The van der Waals surface area contributed by atoms with Crippen molar-refractivity contribution < 1.29 is 9.52 Å².